The van der Waals surface area contributed by atoms with Gasteiger partial charge >= 0.3 is 0 Å². The van der Waals surface area contributed by atoms with Crippen LogP contribution < -0.4 is 4.74 Å². The molecule has 6 rings (SSSR count). The standard InChI is InChI=1S/C21H18FN5O/c1-12-8-15(16-9-23-25-19(16)24-12)17-18(13-2-4-14(22)5-3-13)26-27-10-21(6-7-21)11-28-20(17)27/h2-5,8-9H,6-7,10-11H2,1H3,(H,23,24,25). The summed E-state index contributed by atoms with van der Waals surface area (Å²) in [7, 11) is 0. The second-order valence-electron chi connectivity index (χ2n) is 7.93. The zero-order chi connectivity index (χ0) is 18.9. The summed E-state index contributed by atoms with van der Waals surface area (Å²) in [5.41, 5.74) is 5.39. The van der Waals surface area contributed by atoms with Gasteiger partial charge in [0, 0.05) is 27.6 Å². The first-order valence-electron chi connectivity index (χ1n) is 9.43. The Morgan fingerprint density at radius 3 is 2.82 bits per heavy atom. The highest BCUT2D eigenvalue weighted by Crippen LogP contribution is 2.53. The normalized spacial score (nSPS) is 16.9. The molecule has 140 valence electrons. The van der Waals surface area contributed by atoms with Crippen LogP contribution in [-0.2, 0) is 6.54 Å². The highest BCUT2D eigenvalue weighted by molar-refractivity contribution is 5.98. The van der Waals surface area contributed by atoms with Gasteiger partial charge in [0.25, 0.3) is 0 Å². The molecule has 0 bridgehead atoms. The molecule has 1 fully saturated rings. The highest BCUT2D eigenvalue weighted by atomic mass is 19.1. The number of aromatic nitrogens is 5. The molecule has 0 amide bonds. The number of H-pyrrole nitrogens is 1. The lowest BCUT2D eigenvalue weighted by atomic mass is 9.98. The number of hydrogen-bond acceptors (Lipinski definition) is 4. The van der Waals surface area contributed by atoms with E-state index in [4.69, 9.17) is 9.84 Å². The first-order valence-corrected chi connectivity index (χ1v) is 9.43. The average Bonchev–Trinajstić information content (AvgIpc) is 3.11. The Labute approximate surface area is 160 Å². The third-order valence-corrected chi connectivity index (χ3v) is 5.80. The van der Waals surface area contributed by atoms with Crippen molar-refractivity contribution in [3.05, 3.63) is 48.0 Å². The SMILES string of the molecule is Cc1cc(-c2c(-c3ccc(F)cc3)nn3c2OCC2(CC2)C3)c2cn[nH]c2n1. The number of pyridine rings is 1. The van der Waals surface area contributed by atoms with Crippen LogP contribution in [0, 0.1) is 18.2 Å². The van der Waals surface area contributed by atoms with Crippen molar-refractivity contribution < 1.29 is 9.13 Å². The quantitative estimate of drug-likeness (QED) is 0.573. The van der Waals surface area contributed by atoms with Crippen molar-refractivity contribution in [3.63, 3.8) is 0 Å². The molecule has 0 saturated heterocycles. The maximum absolute atomic E-state index is 13.5. The van der Waals surface area contributed by atoms with E-state index in [2.05, 4.69) is 15.2 Å². The number of nitrogens with zero attached hydrogens (tertiary/aromatic N) is 4. The Morgan fingerprint density at radius 2 is 2.04 bits per heavy atom. The van der Waals surface area contributed by atoms with Crippen molar-refractivity contribution in [2.24, 2.45) is 5.41 Å². The molecule has 1 saturated carbocycles. The summed E-state index contributed by atoms with van der Waals surface area (Å²) in [5, 5.41) is 12.9. The van der Waals surface area contributed by atoms with Gasteiger partial charge in [0.2, 0.25) is 5.88 Å². The third kappa shape index (κ3) is 2.28. The van der Waals surface area contributed by atoms with E-state index in [1.54, 1.807) is 18.3 Å². The number of fused-ring (bicyclic) bond motifs is 2. The van der Waals surface area contributed by atoms with Crippen molar-refractivity contribution in [3.8, 4) is 28.3 Å². The Balaban J connectivity index is 1.64. The molecule has 0 radical (unpaired) electrons. The van der Waals surface area contributed by atoms with Gasteiger partial charge in [-0.25, -0.2) is 14.1 Å². The molecule has 3 aromatic heterocycles. The van der Waals surface area contributed by atoms with Crippen LogP contribution in [0.3, 0.4) is 0 Å². The first kappa shape index (κ1) is 15.8. The zero-order valence-corrected chi connectivity index (χ0v) is 15.4. The Bertz CT molecular complexity index is 1220. The van der Waals surface area contributed by atoms with Crippen LogP contribution in [0.15, 0.2) is 36.5 Å². The molecule has 6 nitrogen and oxygen atoms in total. The highest BCUT2D eigenvalue weighted by Gasteiger charge is 2.48. The van der Waals surface area contributed by atoms with E-state index in [1.807, 2.05) is 17.7 Å². The lowest BCUT2D eigenvalue weighted by Crippen LogP contribution is -2.27. The molecule has 4 heterocycles. The molecule has 0 unspecified atom stereocenters. The maximum Gasteiger partial charge on any atom is 0.220 e. The summed E-state index contributed by atoms with van der Waals surface area (Å²) in [4.78, 5) is 4.53. The third-order valence-electron chi connectivity index (χ3n) is 5.80. The van der Waals surface area contributed by atoms with E-state index in [9.17, 15) is 4.39 Å². The predicted molar refractivity (Wildman–Crippen MR) is 102 cm³/mol. The Hall–Kier alpha value is -3.22. The number of aryl methyl sites for hydroxylation is 1. The molecule has 1 spiro atoms. The topological polar surface area (TPSA) is 68.6 Å². The predicted octanol–water partition coefficient (Wildman–Crippen LogP) is 4.11. The largest absolute Gasteiger partial charge is 0.477 e. The van der Waals surface area contributed by atoms with Crippen LogP contribution in [0.1, 0.15) is 18.5 Å². The summed E-state index contributed by atoms with van der Waals surface area (Å²) >= 11 is 0. The molecule has 28 heavy (non-hydrogen) atoms. The van der Waals surface area contributed by atoms with Gasteiger partial charge in [-0.1, -0.05) is 0 Å². The van der Waals surface area contributed by atoms with Crippen molar-refractivity contribution in [1.82, 2.24) is 25.0 Å². The van der Waals surface area contributed by atoms with Gasteiger partial charge in [0.1, 0.15) is 11.5 Å². The van der Waals surface area contributed by atoms with E-state index in [0.29, 0.717) is 6.61 Å². The number of ether oxygens (including phenoxy) is 1. The molecule has 1 aliphatic heterocycles. The summed E-state index contributed by atoms with van der Waals surface area (Å²) in [6.07, 6.45) is 4.13. The Kier molecular flexibility index (Phi) is 3.05. The number of benzene rings is 1. The lowest BCUT2D eigenvalue weighted by molar-refractivity contribution is 0.149. The average molecular weight is 375 g/mol. The van der Waals surface area contributed by atoms with E-state index in [-0.39, 0.29) is 11.2 Å². The fraction of sp³-hybridized carbons (Fsp3) is 0.286. The van der Waals surface area contributed by atoms with Gasteiger partial charge in [-0.15, -0.1) is 0 Å². The van der Waals surface area contributed by atoms with Gasteiger partial charge in [-0.3, -0.25) is 5.10 Å². The first-order chi connectivity index (χ1) is 13.6. The van der Waals surface area contributed by atoms with Gasteiger partial charge in [0.05, 0.1) is 24.9 Å². The molecular weight excluding hydrogens is 357 g/mol. The van der Waals surface area contributed by atoms with Crippen LogP contribution in [-0.4, -0.2) is 31.6 Å². The Morgan fingerprint density at radius 1 is 1.21 bits per heavy atom. The van der Waals surface area contributed by atoms with Crippen molar-refractivity contribution in [1.29, 1.82) is 0 Å². The smallest absolute Gasteiger partial charge is 0.220 e. The van der Waals surface area contributed by atoms with Gasteiger partial charge in [-0.2, -0.15) is 10.2 Å². The fourth-order valence-corrected chi connectivity index (χ4v) is 4.08. The molecule has 1 N–H and O–H groups in total. The minimum atomic E-state index is -0.264. The maximum atomic E-state index is 13.5. The summed E-state index contributed by atoms with van der Waals surface area (Å²) in [5.74, 6) is 0.504. The molecule has 7 heteroatoms. The number of aromatic amines is 1. The number of halogens is 1. The van der Waals surface area contributed by atoms with E-state index >= 15 is 0 Å². The molecule has 4 aromatic rings. The van der Waals surface area contributed by atoms with Gasteiger partial charge in [-0.05, 0) is 50.1 Å². The minimum Gasteiger partial charge on any atom is -0.477 e. The molecule has 1 aromatic carbocycles. The van der Waals surface area contributed by atoms with Gasteiger partial charge < -0.3 is 4.74 Å². The van der Waals surface area contributed by atoms with Crippen LogP contribution in [0.4, 0.5) is 4.39 Å². The lowest BCUT2D eigenvalue weighted by Gasteiger charge is -2.24. The summed E-state index contributed by atoms with van der Waals surface area (Å²) in [6.45, 7) is 3.53. The molecule has 2 aliphatic rings. The number of hydrogen-bond donors (Lipinski definition) is 1. The second kappa shape index (κ2) is 5.41. The monoisotopic (exact) mass is 375 g/mol. The van der Waals surface area contributed by atoms with E-state index in [0.717, 1.165) is 51.5 Å². The van der Waals surface area contributed by atoms with E-state index < -0.39 is 0 Å². The van der Waals surface area contributed by atoms with Crippen molar-refractivity contribution in [2.45, 2.75) is 26.3 Å². The minimum absolute atomic E-state index is 0.232. The number of rotatable bonds is 2. The summed E-state index contributed by atoms with van der Waals surface area (Å²) in [6, 6.07) is 8.49. The van der Waals surface area contributed by atoms with E-state index in [1.165, 1.54) is 25.0 Å². The van der Waals surface area contributed by atoms with Crippen LogP contribution >= 0.6 is 0 Å². The fourth-order valence-electron chi connectivity index (χ4n) is 4.08. The number of nitrogens with one attached hydrogen (secondary N) is 1. The van der Waals surface area contributed by atoms with Crippen LogP contribution in [0.25, 0.3) is 33.4 Å². The molecule has 1 aliphatic carbocycles. The van der Waals surface area contributed by atoms with Crippen LogP contribution in [0.5, 0.6) is 5.88 Å². The molecule has 0 atom stereocenters. The molecular formula is C21H18FN5O. The second-order valence-corrected chi connectivity index (χ2v) is 7.93. The zero-order valence-electron chi connectivity index (χ0n) is 15.4. The van der Waals surface area contributed by atoms with Crippen LogP contribution in [0.2, 0.25) is 0 Å². The van der Waals surface area contributed by atoms with Crippen molar-refractivity contribution >= 4 is 11.0 Å². The van der Waals surface area contributed by atoms with Crippen molar-refractivity contribution in [2.75, 3.05) is 6.61 Å². The summed E-state index contributed by atoms with van der Waals surface area (Å²) < 4.78 is 21.7. The van der Waals surface area contributed by atoms with Gasteiger partial charge in [0.15, 0.2) is 5.65 Å².